The van der Waals surface area contributed by atoms with E-state index in [9.17, 15) is 13.2 Å². The summed E-state index contributed by atoms with van der Waals surface area (Å²) in [5.74, 6) is 0.633. The second-order valence-corrected chi connectivity index (χ2v) is 9.44. The van der Waals surface area contributed by atoms with Crippen LogP contribution in [-0.4, -0.2) is 50.8 Å². The van der Waals surface area contributed by atoms with Crippen molar-refractivity contribution in [1.29, 1.82) is 0 Å². The molecule has 2 aromatic rings. The number of amides is 1. The van der Waals surface area contributed by atoms with E-state index in [1.807, 2.05) is 31.2 Å². The summed E-state index contributed by atoms with van der Waals surface area (Å²) in [5.41, 5.74) is 1.97. The van der Waals surface area contributed by atoms with Crippen molar-refractivity contribution >= 4 is 15.9 Å². The second kappa shape index (κ2) is 8.97. The first-order chi connectivity index (χ1) is 13.8. The molecule has 2 aromatic carbocycles. The number of methoxy groups -OCH3 is 1. The molecule has 1 aliphatic heterocycles. The number of aryl methyl sites for hydroxylation is 1. The van der Waals surface area contributed by atoms with E-state index in [1.54, 1.807) is 43.3 Å². The SMILES string of the molecule is COc1ccccc1CN(C)C(=O)C1CCN(S(=O)(=O)c2ccc(C)cc2)CC1. The molecular weight excluding hydrogens is 388 g/mol. The minimum Gasteiger partial charge on any atom is -0.496 e. The third-order valence-electron chi connectivity index (χ3n) is 5.44. The van der Waals surface area contributed by atoms with Crippen LogP contribution in [0, 0.1) is 12.8 Å². The van der Waals surface area contributed by atoms with Gasteiger partial charge in [0.05, 0.1) is 12.0 Å². The lowest BCUT2D eigenvalue weighted by Crippen LogP contribution is -2.43. The van der Waals surface area contributed by atoms with Gasteiger partial charge in [-0.25, -0.2) is 8.42 Å². The number of ether oxygens (including phenoxy) is 1. The van der Waals surface area contributed by atoms with Crippen LogP contribution in [0.5, 0.6) is 5.75 Å². The summed E-state index contributed by atoms with van der Waals surface area (Å²) in [6.45, 7) is 3.10. The minimum atomic E-state index is -3.51. The van der Waals surface area contributed by atoms with Crippen molar-refractivity contribution in [3.8, 4) is 5.75 Å². The molecule has 0 radical (unpaired) electrons. The standard InChI is InChI=1S/C22H28N2O4S/c1-17-8-10-20(11-9-17)29(26,27)24-14-12-18(13-15-24)22(25)23(2)16-19-6-4-5-7-21(19)28-3/h4-11,18H,12-16H2,1-3H3. The second-order valence-electron chi connectivity index (χ2n) is 7.50. The molecule has 3 rings (SSSR count). The Morgan fingerprint density at radius 2 is 1.72 bits per heavy atom. The zero-order valence-corrected chi connectivity index (χ0v) is 18.0. The van der Waals surface area contributed by atoms with Crippen LogP contribution in [-0.2, 0) is 21.4 Å². The molecule has 1 fully saturated rings. The molecule has 6 nitrogen and oxygen atoms in total. The van der Waals surface area contributed by atoms with Crippen LogP contribution >= 0.6 is 0 Å². The van der Waals surface area contributed by atoms with Gasteiger partial charge in [0.15, 0.2) is 0 Å². The number of rotatable bonds is 6. The summed E-state index contributed by atoms with van der Waals surface area (Å²) in [5, 5.41) is 0. The first-order valence-corrected chi connectivity index (χ1v) is 11.2. The number of piperidine rings is 1. The number of benzene rings is 2. The van der Waals surface area contributed by atoms with E-state index >= 15 is 0 Å². The van der Waals surface area contributed by atoms with Crippen molar-refractivity contribution in [2.75, 3.05) is 27.2 Å². The summed E-state index contributed by atoms with van der Waals surface area (Å²) in [4.78, 5) is 14.9. The lowest BCUT2D eigenvalue weighted by Gasteiger charge is -2.32. The van der Waals surface area contributed by atoms with Crippen molar-refractivity contribution in [2.24, 2.45) is 5.92 Å². The van der Waals surface area contributed by atoms with Gasteiger partial charge in [-0.15, -0.1) is 0 Å². The molecular formula is C22H28N2O4S. The highest BCUT2D eigenvalue weighted by Gasteiger charge is 2.33. The average Bonchev–Trinajstić information content (AvgIpc) is 2.74. The Kier molecular flexibility index (Phi) is 6.59. The number of hydrogen-bond donors (Lipinski definition) is 0. The Labute approximate surface area is 173 Å². The largest absolute Gasteiger partial charge is 0.496 e. The van der Waals surface area contributed by atoms with E-state index in [-0.39, 0.29) is 11.8 Å². The third-order valence-corrected chi connectivity index (χ3v) is 7.35. The van der Waals surface area contributed by atoms with Gasteiger partial charge < -0.3 is 9.64 Å². The first kappa shape index (κ1) is 21.3. The van der Waals surface area contributed by atoms with Gasteiger partial charge >= 0.3 is 0 Å². The minimum absolute atomic E-state index is 0.0447. The van der Waals surface area contributed by atoms with Gasteiger partial charge in [0.25, 0.3) is 0 Å². The maximum atomic E-state index is 12.9. The number of hydrogen-bond acceptors (Lipinski definition) is 4. The molecule has 0 spiro atoms. The number of carbonyl (C=O) groups excluding carboxylic acids is 1. The first-order valence-electron chi connectivity index (χ1n) is 9.76. The van der Waals surface area contributed by atoms with Crippen LogP contribution < -0.4 is 4.74 Å². The lowest BCUT2D eigenvalue weighted by molar-refractivity contribution is -0.135. The highest BCUT2D eigenvalue weighted by atomic mass is 32.2. The Balaban J connectivity index is 1.61. The number of para-hydroxylation sites is 1. The Bertz CT molecular complexity index is 949. The van der Waals surface area contributed by atoms with E-state index < -0.39 is 10.0 Å². The molecule has 1 saturated heterocycles. The van der Waals surface area contributed by atoms with Crippen LogP contribution in [0.2, 0.25) is 0 Å². The lowest BCUT2D eigenvalue weighted by atomic mass is 9.96. The van der Waals surface area contributed by atoms with Gasteiger partial charge in [0.2, 0.25) is 15.9 Å². The number of nitrogens with zero attached hydrogens (tertiary/aromatic N) is 2. The van der Waals surface area contributed by atoms with Gasteiger partial charge in [0, 0.05) is 38.2 Å². The van der Waals surface area contributed by atoms with E-state index in [2.05, 4.69) is 0 Å². The predicted molar refractivity (Wildman–Crippen MR) is 112 cm³/mol. The maximum absolute atomic E-state index is 12.9. The topological polar surface area (TPSA) is 66.9 Å². The van der Waals surface area contributed by atoms with Crippen LogP contribution in [0.1, 0.15) is 24.0 Å². The highest BCUT2D eigenvalue weighted by molar-refractivity contribution is 7.89. The molecule has 0 aliphatic carbocycles. The molecule has 1 amide bonds. The van der Waals surface area contributed by atoms with Crippen LogP contribution in [0.25, 0.3) is 0 Å². The Morgan fingerprint density at radius 1 is 1.10 bits per heavy atom. The average molecular weight is 417 g/mol. The summed E-state index contributed by atoms with van der Waals surface area (Å²) < 4.78 is 32.5. The zero-order chi connectivity index (χ0) is 21.0. The summed E-state index contributed by atoms with van der Waals surface area (Å²) in [7, 11) is -0.116. The molecule has 156 valence electrons. The number of carbonyl (C=O) groups is 1. The van der Waals surface area contributed by atoms with Crippen LogP contribution in [0.3, 0.4) is 0 Å². The molecule has 29 heavy (non-hydrogen) atoms. The molecule has 0 atom stereocenters. The van der Waals surface area contributed by atoms with Crippen LogP contribution in [0.4, 0.5) is 0 Å². The molecule has 1 heterocycles. The van der Waals surface area contributed by atoms with Crippen molar-refractivity contribution in [2.45, 2.75) is 31.2 Å². The van der Waals surface area contributed by atoms with E-state index in [1.165, 1.54) is 4.31 Å². The smallest absolute Gasteiger partial charge is 0.243 e. The zero-order valence-electron chi connectivity index (χ0n) is 17.2. The van der Waals surface area contributed by atoms with Crippen molar-refractivity contribution < 1.29 is 17.9 Å². The van der Waals surface area contributed by atoms with Gasteiger partial charge in [0.1, 0.15) is 5.75 Å². The molecule has 7 heteroatoms. The highest BCUT2D eigenvalue weighted by Crippen LogP contribution is 2.26. The van der Waals surface area contributed by atoms with Gasteiger partial charge in [-0.2, -0.15) is 4.31 Å². The van der Waals surface area contributed by atoms with Crippen molar-refractivity contribution in [3.63, 3.8) is 0 Å². The monoisotopic (exact) mass is 416 g/mol. The fraction of sp³-hybridized carbons (Fsp3) is 0.409. The fourth-order valence-electron chi connectivity index (χ4n) is 3.68. The predicted octanol–water partition coefficient (Wildman–Crippen LogP) is 3.06. The van der Waals surface area contributed by atoms with E-state index in [4.69, 9.17) is 4.74 Å². The van der Waals surface area contributed by atoms with Gasteiger partial charge in [-0.05, 0) is 38.0 Å². The molecule has 1 aliphatic rings. The van der Waals surface area contributed by atoms with E-state index in [0.717, 1.165) is 16.9 Å². The molecule has 0 bridgehead atoms. The Morgan fingerprint density at radius 3 is 2.34 bits per heavy atom. The number of sulfonamides is 1. The maximum Gasteiger partial charge on any atom is 0.243 e. The quantitative estimate of drug-likeness (QED) is 0.726. The van der Waals surface area contributed by atoms with E-state index in [0.29, 0.717) is 37.4 Å². The fourth-order valence-corrected chi connectivity index (χ4v) is 5.15. The van der Waals surface area contributed by atoms with Crippen molar-refractivity contribution in [1.82, 2.24) is 9.21 Å². The third kappa shape index (κ3) is 4.79. The normalized spacial score (nSPS) is 15.8. The summed E-state index contributed by atoms with van der Waals surface area (Å²) in [6, 6.07) is 14.5. The van der Waals surface area contributed by atoms with Gasteiger partial charge in [-0.3, -0.25) is 4.79 Å². The summed E-state index contributed by atoms with van der Waals surface area (Å²) >= 11 is 0. The Hall–Kier alpha value is -2.38. The van der Waals surface area contributed by atoms with Gasteiger partial charge in [-0.1, -0.05) is 35.9 Å². The molecule has 0 unspecified atom stereocenters. The molecule has 0 N–H and O–H groups in total. The molecule has 0 saturated carbocycles. The van der Waals surface area contributed by atoms with Crippen molar-refractivity contribution in [3.05, 3.63) is 59.7 Å². The summed E-state index contributed by atoms with van der Waals surface area (Å²) in [6.07, 6.45) is 1.06. The van der Waals surface area contributed by atoms with Crippen LogP contribution in [0.15, 0.2) is 53.4 Å². The molecule has 0 aromatic heterocycles.